The maximum atomic E-state index is 12.4. The summed E-state index contributed by atoms with van der Waals surface area (Å²) in [6, 6.07) is 6.35. The van der Waals surface area contributed by atoms with Crippen molar-refractivity contribution in [2.75, 3.05) is 26.0 Å². The Bertz CT molecular complexity index is 994. The lowest BCUT2D eigenvalue weighted by Gasteiger charge is -2.15. The molecule has 0 radical (unpaired) electrons. The van der Waals surface area contributed by atoms with Gasteiger partial charge in [0.1, 0.15) is 4.88 Å². The molecular formula is C19H24N2O5S2. The number of benzene rings is 1. The van der Waals surface area contributed by atoms with E-state index >= 15 is 0 Å². The van der Waals surface area contributed by atoms with E-state index in [4.69, 9.17) is 4.74 Å². The van der Waals surface area contributed by atoms with Crippen LogP contribution >= 0.6 is 11.3 Å². The molecule has 0 bridgehead atoms. The van der Waals surface area contributed by atoms with Crippen molar-refractivity contribution >= 4 is 38.9 Å². The Kier molecular flexibility index (Phi) is 6.97. The first-order valence-corrected chi connectivity index (χ1v) is 10.9. The van der Waals surface area contributed by atoms with Crippen molar-refractivity contribution in [3.05, 3.63) is 45.1 Å². The second-order valence-corrected chi connectivity index (χ2v) is 9.72. The molecule has 1 N–H and O–H groups in total. The number of nitrogens with zero attached hydrogens (tertiary/aromatic N) is 1. The van der Waals surface area contributed by atoms with Crippen LogP contribution in [0.5, 0.6) is 0 Å². The number of carbonyl (C=O) groups excluding carboxylic acids is 2. The molecule has 0 fully saturated rings. The van der Waals surface area contributed by atoms with Gasteiger partial charge in [0.25, 0.3) is 5.91 Å². The largest absolute Gasteiger partial charge is 0.451 e. The Hall–Kier alpha value is -2.23. The number of aryl methyl sites for hydroxylation is 3. The molecule has 152 valence electrons. The van der Waals surface area contributed by atoms with Gasteiger partial charge in [-0.3, -0.25) is 4.79 Å². The molecule has 1 amide bonds. The third-order valence-corrected chi connectivity index (χ3v) is 7.43. The van der Waals surface area contributed by atoms with Crippen LogP contribution in [0.15, 0.2) is 29.2 Å². The van der Waals surface area contributed by atoms with Gasteiger partial charge in [-0.05, 0) is 49.6 Å². The first-order chi connectivity index (χ1) is 13.1. The van der Waals surface area contributed by atoms with E-state index in [1.165, 1.54) is 31.5 Å². The zero-order valence-electron chi connectivity index (χ0n) is 16.5. The lowest BCUT2D eigenvalue weighted by atomic mass is 10.2. The molecule has 0 aliphatic rings. The van der Waals surface area contributed by atoms with E-state index in [0.717, 1.165) is 21.2 Å². The van der Waals surface area contributed by atoms with Crippen LogP contribution in [0, 0.1) is 13.8 Å². The minimum atomic E-state index is -3.63. The summed E-state index contributed by atoms with van der Waals surface area (Å²) in [5.41, 5.74) is 1.91. The number of ether oxygens (including phenoxy) is 1. The number of amides is 1. The standard InChI is InChI=1S/C19H24N2O5S2/c1-6-15-13(3)9-16(27-15)19(23)26-11-18(22)20-14-8-7-12(2)17(10-14)28(24,25)21(4)5/h7-10H,6,11H2,1-5H3,(H,20,22). The summed E-state index contributed by atoms with van der Waals surface area (Å²) in [5, 5.41) is 2.56. The van der Waals surface area contributed by atoms with E-state index in [1.54, 1.807) is 25.1 Å². The molecule has 7 nitrogen and oxygen atoms in total. The number of esters is 1. The molecule has 0 aliphatic carbocycles. The second kappa shape index (κ2) is 8.85. The van der Waals surface area contributed by atoms with Crippen molar-refractivity contribution in [2.24, 2.45) is 0 Å². The Morgan fingerprint density at radius 3 is 2.39 bits per heavy atom. The highest BCUT2D eigenvalue weighted by Crippen LogP contribution is 2.24. The Morgan fingerprint density at radius 1 is 1.14 bits per heavy atom. The minimum absolute atomic E-state index is 0.105. The van der Waals surface area contributed by atoms with Crippen LogP contribution in [0.25, 0.3) is 0 Å². The third kappa shape index (κ3) is 4.98. The van der Waals surface area contributed by atoms with Crippen LogP contribution in [-0.2, 0) is 26.0 Å². The number of nitrogens with one attached hydrogen (secondary N) is 1. The molecule has 0 atom stereocenters. The Balaban J connectivity index is 2.04. The van der Waals surface area contributed by atoms with E-state index in [2.05, 4.69) is 5.32 Å². The smallest absolute Gasteiger partial charge is 0.348 e. The highest BCUT2D eigenvalue weighted by molar-refractivity contribution is 7.89. The highest BCUT2D eigenvalue weighted by Gasteiger charge is 2.21. The monoisotopic (exact) mass is 424 g/mol. The summed E-state index contributed by atoms with van der Waals surface area (Å²) in [6.45, 7) is 5.15. The molecule has 0 aliphatic heterocycles. The van der Waals surface area contributed by atoms with E-state index in [9.17, 15) is 18.0 Å². The van der Waals surface area contributed by atoms with E-state index in [0.29, 0.717) is 16.1 Å². The maximum absolute atomic E-state index is 12.4. The van der Waals surface area contributed by atoms with Crippen LogP contribution in [0.3, 0.4) is 0 Å². The van der Waals surface area contributed by atoms with Gasteiger partial charge < -0.3 is 10.1 Å². The van der Waals surface area contributed by atoms with Crippen molar-refractivity contribution in [2.45, 2.75) is 32.1 Å². The fraction of sp³-hybridized carbons (Fsp3) is 0.368. The van der Waals surface area contributed by atoms with Gasteiger partial charge in [0.2, 0.25) is 10.0 Å². The first-order valence-electron chi connectivity index (χ1n) is 8.65. The van der Waals surface area contributed by atoms with Crippen LogP contribution in [0.1, 0.15) is 32.6 Å². The molecule has 9 heteroatoms. The van der Waals surface area contributed by atoms with Gasteiger partial charge in [-0.2, -0.15) is 0 Å². The molecule has 0 saturated heterocycles. The summed E-state index contributed by atoms with van der Waals surface area (Å²) < 4.78 is 30.9. The van der Waals surface area contributed by atoms with Crippen molar-refractivity contribution in [1.82, 2.24) is 4.31 Å². The topological polar surface area (TPSA) is 92.8 Å². The fourth-order valence-electron chi connectivity index (χ4n) is 2.52. The predicted molar refractivity (Wildman–Crippen MR) is 109 cm³/mol. The van der Waals surface area contributed by atoms with Gasteiger partial charge in [0.15, 0.2) is 6.61 Å². The zero-order valence-corrected chi connectivity index (χ0v) is 18.2. The Labute approximate surface area is 169 Å². The highest BCUT2D eigenvalue weighted by atomic mass is 32.2. The average Bonchev–Trinajstić information content (AvgIpc) is 3.02. The van der Waals surface area contributed by atoms with E-state index in [-0.39, 0.29) is 4.90 Å². The molecule has 0 saturated carbocycles. The normalized spacial score (nSPS) is 11.5. The third-order valence-electron chi connectivity index (χ3n) is 4.11. The van der Waals surface area contributed by atoms with Gasteiger partial charge in [-0.25, -0.2) is 17.5 Å². The van der Waals surface area contributed by atoms with Crippen LogP contribution < -0.4 is 5.32 Å². The Morgan fingerprint density at radius 2 is 1.82 bits per heavy atom. The van der Waals surface area contributed by atoms with Gasteiger partial charge in [0.05, 0.1) is 4.90 Å². The van der Waals surface area contributed by atoms with Crippen LogP contribution in [-0.4, -0.2) is 45.3 Å². The summed E-state index contributed by atoms with van der Waals surface area (Å²) >= 11 is 1.35. The molecule has 0 spiro atoms. The van der Waals surface area contributed by atoms with Crippen molar-refractivity contribution in [1.29, 1.82) is 0 Å². The minimum Gasteiger partial charge on any atom is -0.451 e. The number of hydrogen-bond acceptors (Lipinski definition) is 6. The number of rotatable bonds is 7. The quantitative estimate of drug-likeness (QED) is 0.690. The van der Waals surface area contributed by atoms with Crippen molar-refractivity contribution < 1.29 is 22.7 Å². The van der Waals surface area contributed by atoms with Crippen molar-refractivity contribution in [3.63, 3.8) is 0 Å². The molecule has 1 heterocycles. The van der Waals surface area contributed by atoms with Gasteiger partial charge >= 0.3 is 5.97 Å². The maximum Gasteiger partial charge on any atom is 0.348 e. The van der Waals surface area contributed by atoms with E-state index in [1.807, 2.05) is 13.8 Å². The number of hydrogen-bond donors (Lipinski definition) is 1. The summed E-state index contributed by atoms with van der Waals surface area (Å²) in [5.74, 6) is -1.10. The number of anilines is 1. The lowest BCUT2D eigenvalue weighted by Crippen LogP contribution is -2.24. The second-order valence-electron chi connectivity index (χ2n) is 6.46. The average molecular weight is 425 g/mol. The van der Waals surface area contributed by atoms with Crippen molar-refractivity contribution in [3.8, 4) is 0 Å². The van der Waals surface area contributed by atoms with Crippen LogP contribution in [0.4, 0.5) is 5.69 Å². The number of thiophene rings is 1. The van der Waals surface area contributed by atoms with Gasteiger partial charge in [-0.15, -0.1) is 11.3 Å². The van der Waals surface area contributed by atoms with Gasteiger partial charge in [0, 0.05) is 24.7 Å². The molecule has 1 aromatic carbocycles. The number of carbonyl (C=O) groups is 2. The number of sulfonamides is 1. The summed E-state index contributed by atoms with van der Waals surface area (Å²) in [7, 11) is -0.754. The SMILES string of the molecule is CCc1sc(C(=O)OCC(=O)Nc2ccc(C)c(S(=O)(=O)N(C)C)c2)cc1C. The van der Waals surface area contributed by atoms with Crippen LogP contribution in [0.2, 0.25) is 0 Å². The lowest BCUT2D eigenvalue weighted by molar-refractivity contribution is -0.119. The zero-order chi connectivity index (χ0) is 21.1. The molecule has 28 heavy (non-hydrogen) atoms. The molecule has 1 aromatic heterocycles. The molecule has 2 aromatic rings. The molecule has 0 unspecified atom stereocenters. The first kappa shape index (κ1) is 22.1. The van der Waals surface area contributed by atoms with E-state index < -0.39 is 28.5 Å². The van der Waals surface area contributed by atoms with Gasteiger partial charge in [-0.1, -0.05) is 13.0 Å². The predicted octanol–water partition coefficient (Wildman–Crippen LogP) is 2.97. The fourth-order valence-corrected chi connectivity index (χ4v) is 4.68. The summed E-state index contributed by atoms with van der Waals surface area (Å²) in [4.78, 5) is 25.9. The summed E-state index contributed by atoms with van der Waals surface area (Å²) in [6.07, 6.45) is 0.829. The molecular weight excluding hydrogens is 400 g/mol. The molecule has 2 rings (SSSR count).